The molecule has 0 heterocycles. The Bertz CT molecular complexity index is 487. The van der Waals surface area contributed by atoms with Gasteiger partial charge in [-0.05, 0) is 29.3 Å². The zero-order chi connectivity index (χ0) is 9.26. The van der Waals surface area contributed by atoms with Crippen LogP contribution in [0.25, 0.3) is 10.8 Å². The van der Waals surface area contributed by atoms with Crippen LogP contribution in [0.15, 0.2) is 36.4 Å². The molecule has 13 heavy (non-hydrogen) atoms. The van der Waals surface area contributed by atoms with E-state index in [0.29, 0.717) is 0 Å². The van der Waals surface area contributed by atoms with Crippen molar-refractivity contribution in [1.29, 1.82) is 0 Å². The highest BCUT2D eigenvalue weighted by molar-refractivity contribution is 5.87. The van der Waals surface area contributed by atoms with Gasteiger partial charge in [0.2, 0.25) is 0 Å². The van der Waals surface area contributed by atoms with Crippen LogP contribution in [-0.2, 0) is 0 Å². The largest absolute Gasteiger partial charge is 0.115 e. The molecule has 0 saturated heterocycles. The van der Waals surface area contributed by atoms with Gasteiger partial charge in [0.1, 0.15) is 0 Å². The Kier molecular flexibility index (Phi) is 1.79. The topological polar surface area (TPSA) is 0 Å². The Hall–Kier alpha value is -1.74. The molecule has 0 aromatic heterocycles. The van der Waals surface area contributed by atoms with Crippen molar-refractivity contribution in [3.8, 4) is 12.3 Å². The minimum Gasteiger partial charge on any atom is -0.115 e. The predicted octanol–water partition coefficient (Wildman–Crippen LogP) is 3.13. The Morgan fingerprint density at radius 1 is 1.08 bits per heavy atom. The molecular formula is C13H10. The van der Waals surface area contributed by atoms with Gasteiger partial charge in [-0.2, -0.15) is 0 Å². The minimum atomic E-state index is 0.985. The van der Waals surface area contributed by atoms with E-state index in [2.05, 4.69) is 31.0 Å². The summed E-state index contributed by atoms with van der Waals surface area (Å²) in [5.74, 6) is 2.69. The first-order valence-electron chi connectivity index (χ1n) is 4.28. The number of aryl methyl sites for hydroxylation is 1. The second kappa shape index (κ2) is 2.95. The number of benzene rings is 2. The molecule has 0 nitrogen and oxygen atoms in total. The van der Waals surface area contributed by atoms with Gasteiger partial charge in [0.05, 0.1) is 0 Å². The van der Waals surface area contributed by atoms with Crippen LogP contribution in [0, 0.1) is 19.3 Å². The Morgan fingerprint density at radius 3 is 2.62 bits per heavy atom. The molecule has 0 saturated carbocycles. The molecule has 0 bridgehead atoms. The fourth-order valence-corrected chi connectivity index (χ4v) is 1.58. The van der Waals surface area contributed by atoms with E-state index in [1.54, 1.807) is 0 Å². The SMILES string of the molecule is C#Cc1ccc2ccccc2c1C. The monoisotopic (exact) mass is 166 g/mol. The van der Waals surface area contributed by atoms with Crippen LogP contribution in [0.2, 0.25) is 0 Å². The zero-order valence-corrected chi connectivity index (χ0v) is 7.54. The van der Waals surface area contributed by atoms with Crippen molar-refractivity contribution in [1.82, 2.24) is 0 Å². The third-order valence-electron chi connectivity index (χ3n) is 2.35. The van der Waals surface area contributed by atoms with Gasteiger partial charge in [0.25, 0.3) is 0 Å². The van der Waals surface area contributed by atoms with Crippen LogP contribution in [0.1, 0.15) is 11.1 Å². The molecule has 2 aromatic carbocycles. The van der Waals surface area contributed by atoms with Crippen LogP contribution in [-0.4, -0.2) is 0 Å². The average molecular weight is 166 g/mol. The first kappa shape index (κ1) is 7.89. The standard InChI is InChI=1S/C13H10/c1-3-11-8-9-12-6-4-5-7-13(12)10(11)2/h1,4-9H,2H3. The van der Waals surface area contributed by atoms with E-state index in [1.807, 2.05) is 18.2 Å². The lowest BCUT2D eigenvalue weighted by atomic mass is 10.0. The smallest absolute Gasteiger partial charge is 0.0278 e. The second-order valence-electron chi connectivity index (χ2n) is 3.10. The summed E-state index contributed by atoms with van der Waals surface area (Å²) < 4.78 is 0. The molecule has 0 aliphatic heterocycles. The van der Waals surface area contributed by atoms with Gasteiger partial charge in [0.15, 0.2) is 0 Å². The highest BCUT2D eigenvalue weighted by Crippen LogP contribution is 2.20. The van der Waals surface area contributed by atoms with E-state index in [9.17, 15) is 0 Å². The van der Waals surface area contributed by atoms with Crippen LogP contribution in [0.5, 0.6) is 0 Å². The second-order valence-corrected chi connectivity index (χ2v) is 3.10. The van der Waals surface area contributed by atoms with Gasteiger partial charge in [-0.15, -0.1) is 6.42 Å². The maximum atomic E-state index is 5.39. The van der Waals surface area contributed by atoms with E-state index in [1.165, 1.54) is 16.3 Å². The van der Waals surface area contributed by atoms with Gasteiger partial charge < -0.3 is 0 Å². The highest BCUT2D eigenvalue weighted by Gasteiger charge is 1.99. The number of terminal acetylenes is 1. The van der Waals surface area contributed by atoms with E-state index < -0.39 is 0 Å². The lowest BCUT2D eigenvalue weighted by molar-refractivity contribution is 1.49. The molecule has 0 aliphatic carbocycles. The van der Waals surface area contributed by atoms with Crippen LogP contribution in [0.4, 0.5) is 0 Å². The third kappa shape index (κ3) is 1.19. The summed E-state index contributed by atoms with van der Waals surface area (Å²) in [6.07, 6.45) is 5.39. The molecule has 0 aliphatic rings. The first-order valence-corrected chi connectivity index (χ1v) is 4.28. The highest BCUT2D eigenvalue weighted by atomic mass is 14.0. The Morgan fingerprint density at radius 2 is 1.85 bits per heavy atom. The van der Waals surface area contributed by atoms with Gasteiger partial charge in [-0.1, -0.05) is 36.3 Å². The van der Waals surface area contributed by atoms with Crippen LogP contribution >= 0.6 is 0 Å². The fourth-order valence-electron chi connectivity index (χ4n) is 1.58. The first-order chi connectivity index (χ1) is 6.33. The average Bonchev–Trinajstić information content (AvgIpc) is 2.19. The third-order valence-corrected chi connectivity index (χ3v) is 2.35. The lowest BCUT2D eigenvalue weighted by Gasteiger charge is -2.03. The number of hydrogen-bond acceptors (Lipinski definition) is 0. The molecule has 0 unspecified atom stereocenters. The number of rotatable bonds is 0. The van der Waals surface area contributed by atoms with Crippen molar-refractivity contribution in [3.05, 3.63) is 47.5 Å². The van der Waals surface area contributed by atoms with E-state index in [-0.39, 0.29) is 0 Å². The van der Waals surface area contributed by atoms with Gasteiger partial charge in [0, 0.05) is 5.56 Å². The molecule has 0 N–H and O–H groups in total. The molecule has 62 valence electrons. The predicted molar refractivity (Wildman–Crippen MR) is 56.6 cm³/mol. The van der Waals surface area contributed by atoms with Crippen molar-refractivity contribution in [2.75, 3.05) is 0 Å². The van der Waals surface area contributed by atoms with Crippen LogP contribution < -0.4 is 0 Å². The quantitative estimate of drug-likeness (QED) is 0.527. The molecule has 0 radical (unpaired) electrons. The molecule has 2 rings (SSSR count). The fraction of sp³-hybridized carbons (Fsp3) is 0.0769. The van der Waals surface area contributed by atoms with Crippen LogP contribution in [0.3, 0.4) is 0 Å². The summed E-state index contributed by atoms with van der Waals surface area (Å²) in [5, 5.41) is 2.50. The molecule has 0 heteroatoms. The molecule has 0 spiro atoms. The number of hydrogen-bond donors (Lipinski definition) is 0. The summed E-state index contributed by atoms with van der Waals surface area (Å²) in [6, 6.07) is 12.3. The Labute approximate surface area is 78.2 Å². The summed E-state index contributed by atoms with van der Waals surface area (Å²) in [5.41, 5.74) is 2.18. The summed E-state index contributed by atoms with van der Waals surface area (Å²) in [6.45, 7) is 2.07. The van der Waals surface area contributed by atoms with Gasteiger partial charge in [-0.25, -0.2) is 0 Å². The van der Waals surface area contributed by atoms with Crippen molar-refractivity contribution in [3.63, 3.8) is 0 Å². The van der Waals surface area contributed by atoms with E-state index in [0.717, 1.165) is 5.56 Å². The maximum Gasteiger partial charge on any atom is 0.0278 e. The van der Waals surface area contributed by atoms with E-state index >= 15 is 0 Å². The molecule has 0 amide bonds. The van der Waals surface area contributed by atoms with Gasteiger partial charge >= 0.3 is 0 Å². The molecule has 0 fully saturated rings. The van der Waals surface area contributed by atoms with Crippen molar-refractivity contribution < 1.29 is 0 Å². The van der Waals surface area contributed by atoms with Gasteiger partial charge in [-0.3, -0.25) is 0 Å². The maximum absolute atomic E-state index is 5.39. The summed E-state index contributed by atoms with van der Waals surface area (Å²) in [7, 11) is 0. The van der Waals surface area contributed by atoms with E-state index in [4.69, 9.17) is 6.42 Å². The summed E-state index contributed by atoms with van der Waals surface area (Å²) >= 11 is 0. The molecule has 0 atom stereocenters. The zero-order valence-electron chi connectivity index (χ0n) is 7.54. The number of fused-ring (bicyclic) bond motifs is 1. The normalized spacial score (nSPS) is 9.85. The van der Waals surface area contributed by atoms with Crippen molar-refractivity contribution in [2.45, 2.75) is 6.92 Å². The molecule has 2 aromatic rings. The van der Waals surface area contributed by atoms with Crippen molar-refractivity contribution >= 4 is 10.8 Å². The van der Waals surface area contributed by atoms with Crippen molar-refractivity contribution in [2.24, 2.45) is 0 Å². The Balaban J connectivity index is 2.89. The lowest BCUT2D eigenvalue weighted by Crippen LogP contribution is -1.83. The summed E-state index contributed by atoms with van der Waals surface area (Å²) in [4.78, 5) is 0. The molecular weight excluding hydrogens is 156 g/mol. The minimum absolute atomic E-state index is 0.985.